The Bertz CT molecular complexity index is 143. The zero-order chi connectivity index (χ0) is 7.72. The fourth-order valence-corrected chi connectivity index (χ4v) is 1.23. The molecule has 11 heavy (non-hydrogen) atoms. The van der Waals surface area contributed by atoms with Crippen molar-refractivity contribution in [1.29, 1.82) is 0 Å². The summed E-state index contributed by atoms with van der Waals surface area (Å²) in [4.78, 5) is 12.8. The van der Waals surface area contributed by atoms with Crippen LogP contribution in [0.25, 0.3) is 0 Å². The third kappa shape index (κ3) is 2.34. The van der Waals surface area contributed by atoms with Gasteiger partial charge < -0.3 is 10.6 Å². The van der Waals surface area contributed by atoms with Gasteiger partial charge in [0, 0.05) is 26.1 Å². The number of carbonyl (C=O) groups excluding carboxylic acids is 1. The maximum Gasteiger partial charge on any atom is 0.225 e. The van der Waals surface area contributed by atoms with Gasteiger partial charge in [0.15, 0.2) is 0 Å². The van der Waals surface area contributed by atoms with E-state index in [-0.39, 0.29) is 30.3 Å². The minimum absolute atomic E-state index is 0. The summed E-state index contributed by atoms with van der Waals surface area (Å²) in [5, 5.41) is 0. The van der Waals surface area contributed by atoms with Crippen molar-refractivity contribution in [3.05, 3.63) is 0 Å². The SMILES string of the molecule is CN(C)C(=O)C1CC(N)C1.Cl. The van der Waals surface area contributed by atoms with E-state index in [1.807, 2.05) is 0 Å². The number of halogens is 1. The maximum atomic E-state index is 11.1. The van der Waals surface area contributed by atoms with Gasteiger partial charge in [-0.1, -0.05) is 0 Å². The molecule has 66 valence electrons. The number of nitrogens with zero attached hydrogens (tertiary/aromatic N) is 1. The molecule has 0 atom stereocenters. The first kappa shape index (κ1) is 10.7. The quantitative estimate of drug-likeness (QED) is 0.625. The normalized spacial score (nSPS) is 28.3. The molecule has 0 spiro atoms. The Hall–Kier alpha value is -0.280. The topological polar surface area (TPSA) is 46.3 Å². The van der Waals surface area contributed by atoms with E-state index in [9.17, 15) is 4.79 Å². The van der Waals surface area contributed by atoms with E-state index in [1.54, 1.807) is 19.0 Å². The Morgan fingerprint density at radius 2 is 1.91 bits per heavy atom. The van der Waals surface area contributed by atoms with Crippen LogP contribution in [0.2, 0.25) is 0 Å². The van der Waals surface area contributed by atoms with Crippen molar-refractivity contribution in [2.45, 2.75) is 18.9 Å². The highest BCUT2D eigenvalue weighted by molar-refractivity contribution is 5.85. The predicted octanol–water partition coefficient (Wildman–Crippen LogP) is 0.234. The van der Waals surface area contributed by atoms with Crippen LogP contribution in [0.3, 0.4) is 0 Å². The van der Waals surface area contributed by atoms with Crippen molar-refractivity contribution in [1.82, 2.24) is 4.90 Å². The molecule has 0 bridgehead atoms. The number of nitrogens with two attached hydrogens (primary N) is 1. The molecule has 1 aliphatic carbocycles. The molecule has 3 nitrogen and oxygen atoms in total. The van der Waals surface area contributed by atoms with Crippen LogP contribution in [-0.4, -0.2) is 30.9 Å². The molecule has 0 saturated heterocycles. The second-order valence-electron chi connectivity index (χ2n) is 3.16. The van der Waals surface area contributed by atoms with Gasteiger partial charge >= 0.3 is 0 Å². The molecule has 0 radical (unpaired) electrons. The van der Waals surface area contributed by atoms with Crippen LogP contribution >= 0.6 is 12.4 Å². The molecule has 0 aromatic heterocycles. The third-order valence-corrected chi connectivity index (χ3v) is 1.96. The summed E-state index contributed by atoms with van der Waals surface area (Å²) < 4.78 is 0. The second-order valence-corrected chi connectivity index (χ2v) is 3.16. The monoisotopic (exact) mass is 178 g/mol. The summed E-state index contributed by atoms with van der Waals surface area (Å²) >= 11 is 0. The first-order valence-electron chi connectivity index (χ1n) is 3.58. The maximum absolute atomic E-state index is 11.1. The van der Waals surface area contributed by atoms with E-state index in [2.05, 4.69) is 0 Å². The van der Waals surface area contributed by atoms with Gasteiger partial charge in [0.2, 0.25) is 5.91 Å². The van der Waals surface area contributed by atoms with Crippen LogP contribution in [0.4, 0.5) is 0 Å². The van der Waals surface area contributed by atoms with E-state index in [4.69, 9.17) is 5.73 Å². The highest BCUT2D eigenvalue weighted by Gasteiger charge is 2.32. The minimum Gasteiger partial charge on any atom is -0.349 e. The van der Waals surface area contributed by atoms with Crippen LogP contribution in [0, 0.1) is 5.92 Å². The van der Waals surface area contributed by atoms with Crippen LogP contribution in [0.1, 0.15) is 12.8 Å². The first-order chi connectivity index (χ1) is 4.61. The van der Waals surface area contributed by atoms with E-state index in [1.165, 1.54) is 0 Å². The van der Waals surface area contributed by atoms with Crippen LogP contribution in [-0.2, 0) is 4.79 Å². The predicted molar refractivity (Wildman–Crippen MR) is 46.6 cm³/mol. The average Bonchev–Trinajstić information content (AvgIpc) is 1.79. The number of hydrogen-bond acceptors (Lipinski definition) is 2. The highest BCUT2D eigenvalue weighted by Crippen LogP contribution is 2.26. The molecule has 0 aliphatic heterocycles. The number of amides is 1. The van der Waals surface area contributed by atoms with Gasteiger partial charge in [-0.15, -0.1) is 12.4 Å². The van der Waals surface area contributed by atoms with Crippen LogP contribution < -0.4 is 5.73 Å². The molecular weight excluding hydrogens is 164 g/mol. The van der Waals surface area contributed by atoms with Crippen molar-refractivity contribution in [2.75, 3.05) is 14.1 Å². The minimum atomic E-state index is 0. The lowest BCUT2D eigenvalue weighted by Crippen LogP contribution is -2.44. The number of hydrogen-bond donors (Lipinski definition) is 1. The van der Waals surface area contributed by atoms with Gasteiger partial charge in [0.05, 0.1) is 0 Å². The van der Waals surface area contributed by atoms with Gasteiger partial charge in [-0.05, 0) is 12.8 Å². The molecule has 0 heterocycles. The van der Waals surface area contributed by atoms with E-state index in [0.717, 1.165) is 12.8 Å². The smallest absolute Gasteiger partial charge is 0.225 e. The Kier molecular flexibility index (Phi) is 3.83. The molecule has 1 amide bonds. The number of rotatable bonds is 1. The third-order valence-electron chi connectivity index (χ3n) is 1.96. The van der Waals surface area contributed by atoms with Gasteiger partial charge in [0.1, 0.15) is 0 Å². The lowest BCUT2D eigenvalue weighted by molar-refractivity contribution is -0.136. The summed E-state index contributed by atoms with van der Waals surface area (Å²) in [6, 6.07) is 0.272. The van der Waals surface area contributed by atoms with Crippen LogP contribution in [0.15, 0.2) is 0 Å². The van der Waals surface area contributed by atoms with Gasteiger partial charge in [0.25, 0.3) is 0 Å². The van der Waals surface area contributed by atoms with E-state index in [0.29, 0.717) is 0 Å². The lowest BCUT2D eigenvalue weighted by atomic mass is 9.80. The highest BCUT2D eigenvalue weighted by atomic mass is 35.5. The summed E-state index contributed by atoms with van der Waals surface area (Å²) in [6.45, 7) is 0. The van der Waals surface area contributed by atoms with Crippen molar-refractivity contribution >= 4 is 18.3 Å². The molecule has 1 rings (SSSR count). The van der Waals surface area contributed by atoms with Gasteiger partial charge in [-0.2, -0.15) is 0 Å². The Morgan fingerprint density at radius 1 is 1.45 bits per heavy atom. The van der Waals surface area contributed by atoms with Crippen molar-refractivity contribution in [3.8, 4) is 0 Å². The summed E-state index contributed by atoms with van der Waals surface area (Å²) in [7, 11) is 3.57. The van der Waals surface area contributed by atoms with E-state index >= 15 is 0 Å². The zero-order valence-electron chi connectivity index (χ0n) is 6.91. The molecule has 2 N–H and O–H groups in total. The Labute approximate surface area is 73.3 Å². The molecule has 0 aromatic carbocycles. The van der Waals surface area contributed by atoms with Crippen molar-refractivity contribution in [2.24, 2.45) is 11.7 Å². The fourth-order valence-electron chi connectivity index (χ4n) is 1.23. The van der Waals surface area contributed by atoms with E-state index < -0.39 is 0 Å². The summed E-state index contributed by atoms with van der Waals surface area (Å²) in [6.07, 6.45) is 1.74. The molecule has 1 saturated carbocycles. The molecule has 1 fully saturated rings. The Morgan fingerprint density at radius 3 is 2.18 bits per heavy atom. The van der Waals surface area contributed by atoms with Crippen LogP contribution in [0.5, 0.6) is 0 Å². The lowest BCUT2D eigenvalue weighted by Gasteiger charge is -2.32. The van der Waals surface area contributed by atoms with Crippen molar-refractivity contribution < 1.29 is 4.79 Å². The van der Waals surface area contributed by atoms with Crippen molar-refractivity contribution in [3.63, 3.8) is 0 Å². The second kappa shape index (κ2) is 3.93. The zero-order valence-corrected chi connectivity index (χ0v) is 7.73. The summed E-state index contributed by atoms with van der Waals surface area (Å²) in [5.74, 6) is 0.437. The molecule has 0 unspecified atom stereocenters. The first-order valence-corrected chi connectivity index (χ1v) is 3.58. The fraction of sp³-hybridized carbons (Fsp3) is 0.857. The average molecular weight is 179 g/mol. The number of carbonyl (C=O) groups is 1. The summed E-state index contributed by atoms with van der Waals surface area (Å²) in [5.41, 5.74) is 5.54. The van der Waals surface area contributed by atoms with Gasteiger partial charge in [-0.3, -0.25) is 4.79 Å². The standard InChI is InChI=1S/C7H14N2O.ClH/c1-9(2)7(10)5-3-6(8)4-5;/h5-6H,3-4,8H2,1-2H3;1H. The molecule has 1 aliphatic rings. The molecule has 4 heteroatoms. The molecular formula is C7H15ClN2O. The Balaban J connectivity index is 0.000001000. The largest absolute Gasteiger partial charge is 0.349 e. The molecule has 0 aromatic rings. The van der Waals surface area contributed by atoms with Gasteiger partial charge in [-0.25, -0.2) is 0 Å².